The zero-order chi connectivity index (χ0) is 13.1. The number of nitrogens with two attached hydrogens (primary N) is 1. The van der Waals surface area contributed by atoms with Gasteiger partial charge in [0.1, 0.15) is 5.78 Å². The summed E-state index contributed by atoms with van der Waals surface area (Å²) in [5, 5.41) is 0. The van der Waals surface area contributed by atoms with Crippen LogP contribution in [0.5, 0.6) is 0 Å². The summed E-state index contributed by atoms with van der Waals surface area (Å²) < 4.78 is 9.40. The average molecular weight is 245 g/mol. The summed E-state index contributed by atoms with van der Waals surface area (Å²) in [5.74, 6) is -1.39. The van der Waals surface area contributed by atoms with Gasteiger partial charge in [0.15, 0.2) is 6.61 Å². The molecule has 98 valence electrons. The largest absolute Gasteiger partial charge is 0.463 e. The molecule has 0 rings (SSSR count). The molecule has 0 amide bonds. The highest BCUT2D eigenvalue weighted by Gasteiger charge is 2.10. The zero-order valence-electron chi connectivity index (χ0n) is 10.1. The predicted molar refractivity (Wildman–Crippen MR) is 60.1 cm³/mol. The van der Waals surface area contributed by atoms with E-state index in [0.717, 1.165) is 12.8 Å². The molecular weight excluding hydrogens is 226 g/mol. The predicted octanol–water partition coefficient (Wildman–Crippen LogP) is 0.181. The van der Waals surface area contributed by atoms with Crippen LogP contribution in [0.25, 0.3) is 0 Å². The molecule has 0 saturated carbocycles. The zero-order valence-corrected chi connectivity index (χ0v) is 10.1. The number of carbonyl (C=O) groups excluding carboxylic acids is 3. The highest BCUT2D eigenvalue weighted by molar-refractivity contribution is 5.84. The van der Waals surface area contributed by atoms with E-state index in [-0.39, 0.29) is 25.2 Å². The summed E-state index contributed by atoms with van der Waals surface area (Å²) in [4.78, 5) is 32.9. The van der Waals surface area contributed by atoms with Gasteiger partial charge in [0.25, 0.3) is 0 Å². The van der Waals surface area contributed by atoms with E-state index in [4.69, 9.17) is 10.5 Å². The van der Waals surface area contributed by atoms with Gasteiger partial charge < -0.3 is 15.2 Å². The molecule has 0 saturated heterocycles. The van der Waals surface area contributed by atoms with Crippen molar-refractivity contribution in [3.05, 3.63) is 0 Å². The number of hydrogen-bond donors (Lipinski definition) is 1. The second-order valence-electron chi connectivity index (χ2n) is 3.48. The van der Waals surface area contributed by atoms with Gasteiger partial charge in [-0.2, -0.15) is 0 Å². The Morgan fingerprint density at radius 1 is 1.06 bits per heavy atom. The molecule has 0 bridgehead atoms. The molecule has 0 unspecified atom stereocenters. The lowest BCUT2D eigenvalue weighted by Gasteiger charge is -2.05. The molecule has 0 fully saturated rings. The number of ether oxygens (including phenoxy) is 2. The van der Waals surface area contributed by atoms with Crippen molar-refractivity contribution in [1.29, 1.82) is 0 Å². The lowest BCUT2D eigenvalue weighted by molar-refractivity contribution is -0.159. The first-order valence-electron chi connectivity index (χ1n) is 5.63. The van der Waals surface area contributed by atoms with Crippen LogP contribution < -0.4 is 5.73 Å². The van der Waals surface area contributed by atoms with Crippen molar-refractivity contribution in [2.45, 2.75) is 32.6 Å². The van der Waals surface area contributed by atoms with Crippen LogP contribution in [0.2, 0.25) is 0 Å². The lowest BCUT2D eigenvalue weighted by Crippen LogP contribution is -2.19. The maximum atomic E-state index is 11.1. The summed E-state index contributed by atoms with van der Waals surface area (Å²) >= 11 is 0. The van der Waals surface area contributed by atoms with Gasteiger partial charge in [0.2, 0.25) is 0 Å². The molecule has 6 heteroatoms. The van der Waals surface area contributed by atoms with Gasteiger partial charge in [-0.25, -0.2) is 4.79 Å². The van der Waals surface area contributed by atoms with Gasteiger partial charge in [0, 0.05) is 6.42 Å². The van der Waals surface area contributed by atoms with E-state index in [2.05, 4.69) is 4.74 Å². The molecule has 0 aromatic heterocycles. The Bertz CT molecular complexity index is 265. The number of rotatable bonds is 9. The molecule has 0 aromatic rings. The molecule has 0 aromatic carbocycles. The van der Waals surface area contributed by atoms with E-state index < -0.39 is 18.5 Å². The molecular formula is C11H19NO5. The first kappa shape index (κ1) is 15.6. The molecule has 0 aliphatic carbocycles. The van der Waals surface area contributed by atoms with Crippen LogP contribution in [0.1, 0.15) is 32.6 Å². The maximum absolute atomic E-state index is 11.1. The summed E-state index contributed by atoms with van der Waals surface area (Å²) in [5.41, 5.74) is 5.07. The third kappa shape index (κ3) is 9.50. The third-order valence-corrected chi connectivity index (χ3v) is 1.95. The molecule has 2 N–H and O–H groups in total. The van der Waals surface area contributed by atoms with Gasteiger partial charge in [-0.3, -0.25) is 9.59 Å². The van der Waals surface area contributed by atoms with Crippen molar-refractivity contribution in [3.63, 3.8) is 0 Å². The Morgan fingerprint density at radius 2 is 1.76 bits per heavy atom. The van der Waals surface area contributed by atoms with Crippen LogP contribution in [-0.2, 0) is 23.9 Å². The summed E-state index contributed by atoms with van der Waals surface area (Å²) in [6.45, 7) is 1.81. The Balaban J connectivity index is 3.55. The summed E-state index contributed by atoms with van der Waals surface area (Å²) in [7, 11) is 0. The number of Topliss-reactive ketones (excluding diaryl/α,β-unsaturated/α-hetero) is 1. The molecule has 0 aliphatic heterocycles. The van der Waals surface area contributed by atoms with Crippen LogP contribution >= 0.6 is 0 Å². The van der Waals surface area contributed by atoms with Gasteiger partial charge in [-0.15, -0.1) is 0 Å². The molecule has 0 spiro atoms. The Kier molecular flexibility index (Phi) is 8.95. The van der Waals surface area contributed by atoms with E-state index in [9.17, 15) is 14.4 Å². The standard InChI is InChI=1S/C11H19NO5/c1-2-3-6-16-11(15)8-17-10(14)5-4-9(13)7-12/h2-8,12H2,1H3. The highest BCUT2D eigenvalue weighted by Crippen LogP contribution is 1.95. The van der Waals surface area contributed by atoms with E-state index >= 15 is 0 Å². The van der Waals surface area contributed by atoms with E-state index in [1.54, 1.807) is 0 Å². The lowest BCUT2D eigenvalue weighted by atomic mass is 10.2. The van der Waals surface area contributed by atoms with E-state index in [1.807, 2.05) is 6.92 Å². The first-order valence-corrected chi connectivity index (χ1v) is 5.63. The molecule has 17 heavy (non-hydrogen) atoms. The van der Waals surface area contributed by atoms with E-state index in [0.29, 0.717) is 6.61 Å². The first-order chi connectivity index (χ1) is 8.10. The normalized spacial score (nSPS) is 9.76. The van der Waals surface area contributed by atoms with Crippen molar-refractivity contribution < 1.29 is 23.9 Å². The summed E-state index contributed by atoms with van der Waals surface area (Å²) in [6, 6.07) is 0. The van der Waals surface area contributed by atoms with Crippen LogP contribution in [0.4, 0.5) is 0 Å². The molecule has 6 nitrogen and oxygen atoms in total. The molecule has 0 atom stereocenters. The van der Waals surface area contributed by atoms with Crippen molar-refractivity contribution in [3.8, 4) is 0 Å². The van der Waals surface area contributed by atoms with Crippen LogP contribution in [-0.4, -0.2) is 37.5 Å². The van der Waals surface area contributed by atoms with Gasteiger partial charge in [0.05, 0.1) is 19.6 Å². The number of esters is 2. The fourth-order valence-corrected chi connectivity index (χ4v) is 0.927. The summed E-state index contributed by atoms with van der Waals surface area (Å²) in [6.07, 6.45) is 1.69. The Labute approximate surface area is 100 Å². The topological polar surface area (TPSA) is 95.7 Å². The van der Waals surface area contributed by atoms with Crippen molar-refractivity contribution in [1.82, 2.24) is 0 Å². The van der Waals surface area contributed by atoms with Crippen molar-refractivity contribution in [2.24, 2.45) is 5.73 Å². The fraction of sp³-hybridized carbons (Fsp3) is 0.727. The quantitative estimate of drug-likeness (QED) is 0.460. The van der Waals surface area contributed by atoms with Gasteiger partial charge >= 0.3 is 11.9 Å². The Hall–Kier alpha value is -1.43. The second kappa shape index (κ2) is 9.77. The van der Waals surface area contributed by atoms with Crippen molar-refractivity contribution >= 4 is 17.7 Å². The minimum atomic E-state index is -0.598. The monoisotopic (exact) mass is 245 g/mol. The van der Waals surface area contributed by atoms with Crippen LogP contribution in [0.3, 0.4) is 0 Å². The minimum absolute atomic E-state index is 0.0419. The SMILES string of the molecule is CCCCOC(=O)COC(=O)CCC(=O)CN. The Morgan fingerprint density at radius 3 is 2.35 bits per heavy atom. The minimum Gasteiger partial charge on any atom is -0.463 e. The van der Waals surface area contributed by atoms with Gasteiger partial charge in [-0.1, -0.05) is 13.3 Å². The molecule has 0 aliphatic rings. The van der Waals surface area contributed by atoms with Gasteiger partial charge in [-0.05, 0) is 6.42 Å². The van der Waals surface area contributed by atoms with Crippen LogP contribution in [0.15, 0.2) is 0 Å². The number of carbonyl (C=O) groups is 3. The third-order valence-electron chi connectivity index (χ3n) is 1.95. The smallest absolute Gasteiger partial charge is 0.344 e. The highest BCUT2D eigenvalue weighted by atomic mass is 16.6. The van der Waals surface area contributed by atoms with E-state index in [1.165, 1.54) is 0 Å². The fourth-order valence-electron chi connectivity index (χ4n) is 0.927. The number of unbranched alkanes of at least 4 members (excludes halogenated alkanes) is 1. The molecule has 0 radical (unpaired) electrons. The number of ketones is 1. The second-order valence-corrected chi connectivity index (χ2v) is 3.48. The molecule has 0 heterocycles. The average Bonchev–Trinajstić information content (AvgIpc) is 2.33. The number of hydrogen-bond acceptors (Lipinski definition) is 6. The van der Waals surface area contributed by atoms with Crippen LogP contribution in [0, 0.1) is 0 Å². The maximum Gasteiger partial charge on any atom is 0.344 e. The van der Waals surface area contributed by atoms with Crippen molar-refractivity contribution in [2.75, 3.05) is 19.8 Å².